The Bertz CT molecular complexity index is 1130. The number of rotatable bonds is 4. The molecule has 26 heavy (non-hydrogen) atoms. The van der Waals surface area contributed by atoms with Crippen LogP contribution in [0.5, 0.6) is 5.75 Å². The average Bonchev–Trinajstić information content (AvgIpc) is 3.03. The zero-order chi connectivity index (χ0) is 18.3. The molecule has 0 saturated heterocycles. The molecule has 0 fully saturated rings. The average molecular weight is 388 g/mol. The second kappa shape index (κ2) is 6.78. The summed E-state index contributed by atoms with van der Waals surface area (Å²) in [6.07, 6.45) is 0. The minimum absolute atomic E-state index is 0.342. The van der Waals surface area contributed by atoms with Crippen molar-refractivity contribution in [1.82, 2.24) is 14.6 Å². The van der Waals surface area contributed by atoms with E-state index in [1.54, 1.807) is 13.2 Å². The first-order valence-electron chi connectivity index (χ1n) is 7.96. The van der Waals surface area contributed by atoms with Crippen molar-refractivity contribution in [3.8, 4) is 5.75 Å². The number of aromatic nitrogens is 3. The number of ether oxygens (including phenoxy) is 1. The number of halogens is 2. The number of thioether (sulfide) groups is 1. The first kappa shape index (κ1) is 17.1. The second-order valence-corrected chi connectivity index (χ2v) is 7.26. The number of benzene rings is 2. The monoisotopic (exact) mass is 387 g/mol. The van der Waals surface area contributed by atoms with Crippen molar-refractivity contribution in [3.05, 3.63) is 64.4 Å². The molecule has 0 radical (unpaired) electrons. The highest BCUT2D eigenvalue weighted by atomic mass is 35.5. The van der Waals surface area contributed by atoms with Gasteiger partial charge in [0.1, 0.15) is 11.6 Å². The number of aryl methyl sites for hydroxylation is 1. The normalized spacial score (nSPS) is 11.4. The largest absolute Gasteiger partial charge is 0.497 e. The van der Waals surface area contributed by atoms with Crippen LogP contribution in [0.1, 0.15) is 11.1 Å². The van der Waals surface area contributed by atoms with Crippen molar-refractivity contribution < 1.29 is 9.13 Å². The summed E-state index contributed by atoms with van der Waals surface area (Å²) < 4.78 is 20.6. The van der Waals surface area contributed by atoms with Crippen molar-refractivity contribution >= 4 is 39.9 Å². The lowest BCUT2D eigenvalue weighted by atomic mass is 10.1. The molecule has 0 atom stereocenters. The number of methoxy groups -OCH3 is 1. The molecular formula is C19H15ClFN3OS. The molecule has 2 heterocycles. The summed E-state index contributed by atoms with van der Waals surface area (Å²) in [5, 5.41) is 10.9. The fraction of sp³-hybridized carbons (Fsp3) is 0.158. The molecule has 0 aliphatic heterocycles. The predicted octanol–water partition coefficient (Wildman–Crippen LogP) is 5.28. The van der Waals surface area contributed by atoms with Crippen LogP contribution < -0.4 is 4.74 Å². The third-order valence-electron chi connectivity index (χ3n) is 4.25. The van der Waals surface area contributed by atoms with Crippen LogP contribution in [-0.4, -0.2) is 21.7 Å². The van der Waals surface area contributed by atoms with Crippen LogP contribution in [0, 0.1) is 12.7 Å². The van der Waals surface area contributed by atoms with E-state index in [0.29, 0.717) is 10.8 Å². The molecule has 0 amide bonds. The number of hydrogen-bond acceptors (Lipinski definition) is 4. The smallest absolute Gasteiger partial charge is 0.196 e. The second-order valence-electron chi connectivity index (χ2n) is 5.91. The van der Waals surface area contributed by atoms with Crippen LogP contribution >= 0.6 is 23.4 Å². The van der Waals surface area contributed by atoms with E-state index >= 15 is 0 Å². The fourth-order valence-electron chi connectivity index (χ4n) is 2.90. The van der Waals surface area contributed by atoms with E-state index in [1.807, 2.05) is 28.7 Å². The van der Waals surface area contributed by atoms with Crippen LogP contribution in [-0.2, 0) is 5.75 Å². The van der Waals surface area contributed by atoms with Crippen molar-refractivity contribution in [3.63, 3.8) is 0 Å². The third-order valence-corrected chi connectivity index (χ3v) is 5.58. The Balaban J connectivity index is 1.79. The summed E-state index contributed by atoms with van der Waals surface area (Å²) >= 11 is 7.64. The van der Waals surface area contributed by atoms with Crippen LogP contribution in [0.4, 0.5) is 4.39 Å². The highest BCUT2D eigenvalue weighted by molar-refractivity contribution is 7.98. The quantitative estimate of drug-likeness (QED) is 0.446. The van der Waals surface area contributed by atoms with Crippen molar-refractivity contribution in [1.29, 1.82) is 0 Å². The Kier molecular flexibility index (Phi) is 4.46. The SMILES string of the molecule is COc1ccc2c(C)cc3nnc(SCc4ccc(F)cc4Cl)n3c2c1. The van der Waals surface area contributed by atoms with Crippen LogP contribution in [0.3, 0.4) is 0 Å². The van der Waals surface area contributed by atoms with Crippen molar-refractivity contribution in [2.75, 3.05) is 7.11 Å². The molecule has 132 valence electrons. The number of hydrogen-bond donors (Lipinski definition) is 0. The Morgan fingerprint density at radius 1 is 1.15 bits per heavy atom. The highest BCUT2D eigenvalue weighted by Gasteiger charge is 2.13. The maximum Gasteiger partial charge on any atom is 0.196 e. The lowest BCUT2D eigenvalue weighted by Gasteiger charge is -2.09. The summed E-state index contributed by atoms with van der Waals surface area (Å²) in [4.78, 5) is 0. The molecular weight excluding hydrogens is 373 g/mol. The van der Waals surface area contributed by atoms with Crippen LogP contribution in [0.2, 0.25) is 5.02 Å². The van der Waals surface area contributed by atoms with Gasteiger partial charge in [0.15, 0.2) is 10.8 Å². The Morgan fingerprint density at radius 2 is 2.00 bits per heavy atom. The van der Waals surface area contributed by atoms with Gasteiger partial charge < -0.3 is 4.74 Å². The van der Waals surface area contributed by atoms with Crippen LogP contribution in [0.15, 0.2) is 47.6 Å². The van der Waals surface area contributed by atoms with Gasteiger partial charge in [-0.1, -0.05) is 29.4 Å². The van der Waals surface area contributed by atoms with Gasteiger partial charge in [-0.2, -0.15) is 0 Å². The summed E-state index contributed by atoms with van der Waals surface area (Å²) in [5.74, 6) is 1.00. The molecule has 0 N–H and O–H groups in total. The van der Waals surface area contributed by atoms with E-state index in [9.17, 15) is 4.39 Å². The van der Waals surface area contributed by atoms with Crippen LogP contribution in [0.25, 0.3) is 16.6 Å². The van der Waals surface area contributed by atoms with E-state index in [2.05, 4.69) is 17.1 Å². The zero-order valence-electron chi connectivity index (χ0n) is 14.2. The number of nitrogens with zero attached hydrogens (tertiary/aromatic N) is 3. The topological polar surface area (TPSA) is 39.4 Å². The molecule has 7 heteroatoms. The molecule has 4 nitrogen and oxygen atoms in total. The van der Waals surface area contributed by atoms with E-state index in [-0.39, 0.29) is 5.82 Å². The molecule has 2 aromatic carbocycles. The first-order valence-corrected chi connectivity index (χ1v) is 9.32. The fourth-order valence-corrected chi connectivity index (χ4v) is 4.17. The molecule has 0 unspecified atom stereocenters. The number of fused-ring (bicyclic) bond motifs is 3. The van der Waals surface area contributed by atoms with Gasteiger partial charge in [0.25, 0.3) is 0 Å². The zero-order valence-corrected chi connectivity index (χ0v) is 15.7. The Morgan fingerprint density at radius 3 is 2.77 bits per heavy atom. The molecule has 2 aromatic heterocycles. The lowest BCUT2D eigenvalue weighted by molar-refractivity contribution is 0.415. The molecule has 4 aromatic rings. The molecule has 0 aliphatic rings. The summed E-state index contributed by atoms with van der Waals surface area (Å²) in [7, 11) is 1.65. The first-order chi connectivity index (χ1) is 12.6. The summed E-state index contributed by atoms with van der Waals surface area (Å²) in [5.41, 5.74) is 3.73. The highest BCUT2D eigenvalue weighted by Crippen LogP contribution is 2.31. The Labute approximate surface area is 158 Å². The van der Waals surface area contributed by atoms with E-state index < -0.39 is 0 Å². The van der Waals surface area contributed by atoms with Crippen molar-refractivity contribution in [2.45, 2.75) is 17.8 Å². The third kappa shape index (κ3) is 2.99. The molecule has 0 saturated carbocycles. The van der Waals surface area contributed by atoms with Gasteiger partial charge in [0, 0.05) is 22.2 Å². The summed E-state index contributed by atoms with van der Waals surface area (Å²) in [6, 6.07) is 12.4. The van der Waals surface area contributed by atoms with Gasteiger partial charge in [-0.25, -0.2) is 4.39 Å². The lowest BCUT2D eigenvalue weighted by Crippen LogP contribution is -1.95. The van der Waals surface area contributed by atoms with Gasteiger partial charge in [0.2, 0.25) is 0 Å². The maximum absolute atomic E-state index is 13.2. The standard InChI is InChI=1S/C19H15ClFN3OS/c1-11-7-18-22-23-19(26-10-12-3-4-13(21)8-16(12)20)24(18)17-9-14(25-2)5-6-15(11)17/h3-9H,10H2,1-2H3. The van der Waals surface area contributed by atoms with Gasteiger partial charge >= 0.3 is 0 Å². The molecule has 4 rings (SSSR count). The minimum Gasteiger partial charge on any atom is -0.497 e. The number of pyridine rings is 1. The predicted molar refractivity (Wildman–Crippen MR) is 103 cm³/mol. The Hall–Kier alpha value is -2.31. The van der Waals surface area contributed by atoms with Gasteiger partial charge in [-0.05, 0) is 48.4 Å². The van der Waals surface area contributed by atoms with E-state index in [4.69, 9.17) is 16.3 Å². The van der Waals surface area contributed by atoms with E-state index in [0.717, 1.165) is 38.6 Å². The molecule has 0 spiro atoms. The van der Waals surface area contributed by atoms with Gasteiger partial charge in [-0.15, -0.1) is 10.2 Å². The molecule has 0 bridgehead atoms. The van der Waals surface area contributed by atoms with E-state index in [1.165, 1.54) is 23.9 Å². The van der Waals surface area contributed by atoms with Gasteiger partial charge in [0.05, 0.1) is 12.6 Å². The maximum atomic E-state index is 13.2. The molecule has 0 aliphatic carbocycles. The summed E-state index contributed by atoms with van der Waals surface area (Å²) in [6.45, 7) is 2.05. The van der Waals surface area contributed by atoms with Gasteiger partial charge in [-0.3, -0.25) is 4.40 Å². The minimum atomic E-state index is -0.342. The van der Waals surface area contributed by atoms with Crippen molar-refractivity contribution in [2.24, 2.45) is 0 Å².